The van der Waals surface area contributed by atoms with Crippen molar-refractivity contribution in [3.8, 4) is 11.8 Å². The Labute approximate surface area is 124 Å². The van der Waals surface area contributed by atoms with Crippen molar-refractivity contribution in [1.82, 2.24) is 4.90 Å². The molecular weight excluding hydrogens is 268 g/mol. The number of likely N-dealkylation sites (tertiary alicyclic amines) is 1. The number of rotatable bonds is 4. The van der Waals surface area contributed by atoms with E-state index < -0.39 is 0 Å². The number of benzene rings is 1. The van der Waals surface area contributed by atoms with Gasteiger partial charge in [0.15, 0.2) is 0 Å². The van der Waals surface area contributed by atoms with Crippen molar-refractivity contribution in [2.45, 2.75) is 26.7 Å². The first kappa shape index (κ1) is 15.0. The summed E-state index contributed by atoms with van der Waals surface area (Å²) in [5.74, 6) is 0.266. The molecule has 5 nitrogen and oxygen atoms in total. The Bertz CT molecular complexity index is 582. The van der Waals surface area contributed by atoms with Crippen LogP contribution in [0.2, 0.25) is 0 Å². The third-order valence-corrected chi connectivity index (χ3v) is 3.41. The van der Waals surface area contributed by atoms with Gasteiger partial charge in [0.1, 0.15) is 12.4 Å². The smallest absolute Gasteiger partial charge is 0.229 e. The fraction of sp³-hybridized carbons (Fsp3) is 0.438. The zero-order chi connectivity index (χ0) is 15.5. The zero-order valence-corrected chi connectivity index (χ0v) is 12.3. The van der Waals surface area contributed by atoms with Gasteiger partial charge in [0.25, 0.3) is 0 Å². The van der Waals surface area contributed by atoms with Gasteiger partial charge in [-0.05, 0) is 23.6 Å². The normalized spacial score (nSPS) is 17.5. The fourth-order valence-electron chi connectivity index (χ4n) is 2.37. The third kappa shape index (κ3) is 3.82. The standard InChI is InChI=1S/C16H18N2O3/c1-16(2)9-14(19)18(15(20)10-16)6-7-21-13-5-3-4-12(8-13)11-17/h3-5,8H,6-7,9-10H2,1-2H3. The molecular formula is C16H18N2O3. The molecule has 21 heavy (non-hydrogen) atoms. The molecule has 0 saturated carbocycles. The second kappa shape index (κ2) is 5.96. The van der Waals surface area contributed by atoms with Crippen molar-refractivity contribution in [3.05, 3.63) is 29.8 Å². The maximum Gasteiger partial charge on any atom is 0.229 e. The lowest BCUT2D eigenvalue weighted by molar-refractivity contribution is -0.152. The second-order valence-corrected chi connectivity index (χ2v) is 5.94. The Balaban J connectivity index is 1.90. The molecule has 0 unspecified atom stereocenters. The van der Waals surface area contributed by atoms with Crippen molar-refractivity contribution in [3.63, 3.8) is 0 Å². The van der Waals surface area contributed by atoms with E-state index in [0.717, 1.165) is 0 Å². The maximum absolute atomic E-state index is 12.0. The van der Waals surface area contributed by atoms with Crippen LogP contribution < -0.4 is 4.74 Å². The maximum atomic E-state index is 12.0. The summed E-state index contributed by atoms with van der Waals surface area (Å²) in [7, 11) is 0. The van der Waals surface area contributed by atoms with Crippen LogP contribution in [0, 0.1) is 16.7 Å². The largest absolute Gasteiger partial charge is 0.492 e. The van der Waals surface area contributed by atoms with E-state index in [4.69, 9.17) is 10.00 Å². The van der Waals surface area contributed by atoms with E-state index >= 15 is 0 Å². The Morgan fingerprint density at radius 1 is 1.29 bits per heavy atom. The molecule has 1 heterocycles. The highest BCUT2D eigenvalue weighted by Crippen LogP contribution is 2.31. The highest BCUT2D eigenvalue weighted by molar-refractivity contribution is 5.98. The molecule has 1 aromatic carbocycles. The molecule has 1 saturated heterocycles. The van der Waals surface area contributed by atoms with E-state index in [1.54, 1.807) is 24.3 Å². The van der Waals surface area contributed by atoms with Crippen molar-refractivity contribution in [2.24, 2.45) is 5.41 Å². The number of hydrogen-bond acceptors (Lipinski definition) is 4. The molecule has 5 heteroatoms. The van der Waals surface area contributed by atoms with Gasteiger partial charge in [0, 0.05) is 12.8 Å². The summed E-state index contributed by atoms with van der Waals surface area (Å²) in [4.78, 5) is 25.2. The van der Waals surface area contributed by atoms with Crippen LogP contribution in [0.4, 0.5) is 0 Å². The highest BCUT2D eigenvalue weighted by atomic mass is 16.5. The molecule has 0 spiro atoms. The molecule has 0 N–H and O–H groups in total. The Hall–Kier alpha value is -2.35. The van der Waals surface area contributed by atoms with Gasteiger partial charge in [-0.15, -0.1) is 0 Å². The van der Waals surface area contributed by atoms with E-state index in [1.807, 2.05) is 19.9 Å². The average Bonchev–Trinajstić information content (AvgIpc) is 2.41. The molecule has 1 aliphatic rings. The number of nitrogens with zero attached hydrogens (tertiary/aromatic N) is 2. The molecule has 0 aliphatic carbocycles. The van der Waals surface area contributed by atoms with Crippen molar-refractivity contribution in [2.75, 3.05) is 13.2 Å². The van der Waals surface area contributed by atoms with Crippen LogP contribution in [0.25, 0.3) is 0 Å². The summed E-state index contributed by atoms with van der Waals surface area (Å²) >= 11 is 0. The number of hydrogen-bond donors (Lipinski definition) is 0. The van der Waals surface area contributed by atoms with E-state index in [2.05, 4.69) is 0 Å². The topological polar surface area (TPSA) is 70.4 Å². The first-order valence-electron chi connectivity index (χ1n) is 6.87. The first-order valence-corrected chi connectivity index (χ1v) is 6.87. The van der Waals surface area contributed by atoms with Crippen molar-refractivity contribution < 1.29 is 14.3 Å². The average molecular weight is 286 g/mol. The quantitative estimate of drug-likeness (QED) is 0.795. The minimum Gasteiger partial charge on any atom is -0.492 e. The van der Waals surface area contributed by atoms with Crippen LogP contribution in [0.5, 0.6) is 5.75 Å². The number of carbonyl (C=O) groups is 2. The predicted octanol–water partition coefficient (Wildman–Crippen LogP) is 2.11. The number of piperidine rings is 1. The van der Waals surface area contributed by atoms with Gasteiger partial charge < -0.3 is 4.74 Å². The number of ether oxygens (including phenoxy) is 1. The SMILES string of the molecule is CC1(C)CC(=O)N(CCOc2cccc(C#N)c2)C(=O)C1. The van der Waals surface area contributed by atoms with Gasteiger partial charge in [-0.25, -0.2) is 0 Å². The van der Waals surface area contributed by atoms with Gasteiger partial charge in [0.2, 0.25) is 11.8 Å². The first-order chi connectivity index (χ1) is 9.91. The van der Waals surface area contributed by atoms with E-state index in [-0.39, 0.29) is 30.4 Å². The summed E-state index contributed by atoms with van der Waals surface area (Å²) in [6, 6.07) is 8.82. The molecule has 110 valence electrons. The number of amides is 2. The third-order valence-electron chi connectivity index (χ3n) is 3.41. The number of carbonyl (C=O) groups excluding carboxylic acids is 2. The monoisotopic (exact) mass is 286 g/mol. The summed E-state index contributed by atoms with van der Waals surface area (Å²) in [6.07, 6.45) is 0.755. The molecule has 1 fully saturated rings. The second-order valence-electron chi connectivity index (χ2n) is 5.94. The Morgan fingerprint density at radius 3 is 2.57 bits per heavy atom. The molecule has 2 rings (SSSR count). The molecule has 0 atom stereocenters. The minimum absolute atomic E-state index is 0.148. The zero-order valence-electron chi connectivity index (χ0n) is 12.3. The summed E-state index contributed by atoms with van der Waals surface area (Å²) in [5.41, 5.74) is 0.256. The van der Waals surface area contributed by atoms with Crippen LogP contribution in [0.15, 0.2) is 24.3 Å². The summed E-state index contributed by atoms with van der Waals surface area (Å²) < 4.78 is 5.50. The Morgan fingerprint density at radius 2 is 1.95 bits per heavy atom. The van der Waals surface area contributed by atoms with Crippen LogP contribution in [0.3, 0.4) is 0 Å². The highest BCUT2D eigenvalue weighted by Gasteiger charge is 2.37. The summed E-state index contributed by atoms with van der Waals surface area (Å²) in [6.45, 7) is 4.31. The molecule has 0 aromatic heterocycles. The van der Waals surface area contributed by atoms with Crippen LogP contribution in [-0.4, -0.2) is 29.9 Å². The lowest BCUT2D eigenvalue weighted by Crippen LogP contribution is -2.47. The van der Waals surface area contributed by atoms with Crippen molar-refractivity contribution in [1.29, 1.82) is 5.26 Å². The molecule has 1 aliphatic heterocycles. The predicted molar refractivity (Wildman–Crippen MR) is 76.4 cm³/mol. The number of imide groups is 1. The minimum atomic E-state index is -0.257. The summed E-state index contributed by atoms with van der Waals surface area (Å²) in [5, 5.41) is 8.81. The van der Waals surface area contributed by atoms with Crippen LogP contribution in [0.1, 0.15) is 32.3 Å². The van der Waals surface area contributed by atoms with E-state index in [9.17, 15) is 9.59 Å². The lowest BCUT2D eigenvalue weighted by Gasteiger charge is -2.34. The van der Waals surface area contributed by atoms with E-state index in [0.29, 0.717) is 24.2 Å². The lowest BCUT2D eigenvalue weighted by atomic mass is 9.82. The Kier molecular flexibility index (Phi) is 4.27. The van der Waals surface area contributed by atoms with Crippen LogP contribution >= 0.6 is 0 Å². The fourth-order valence-corrected chi connectivity index (χ4v) is 2.37. The van der Waals surface area contributed by atoms with Gasteiger partial charge in [-0.2, -0.15) is 5.26 Å². The molecule has 2 amide bonds. The van der Waals surface area contributed by atoms with Gasteiger partial charge in [0.05, 0.1) is 18.2 Å². The molecule has 1 aromatic rings. The van der Waals surface area contributed by atoms with Gasteiger partial charge >= 0.3 is 0 Å². The molecule has 0 bridgehead atoms. The van der Waals surface area contributed by atoms with Crippen molar-refractivity contribution >= 4 is 11.8 Å². The van der Waals surface area contributed by atoms with Gasteiger partial charge in [-0.3, -0.25) is 14.5 Å². The van der Waals surface area contributed by atoms with E-state index in [1.165, 1.54) is 4.90 Å². The number of nitriles is 1. The van der Waals surface area contributed by atoms with Crippen LogP contribution in [-0.2, 0) is 9.59 Å². The molecule has 0 radical (unpaired) electrons. The van der Waals surface area contributed by atoms with Gasteiger partial charge in [-0.1, -0.05) is 19.9 Å².